The molecular weight excluding hydrogens is 866 g/mol. The van der Waals surface area contributed by atoms with Crippen LogP contribution in [0.2, 0.25) is 0 Å². The summed E-state index contributed by atoms with van der Waals surface area (Å²) in [5.74, 6) is 1.82. The molecule has 0 N–H and O–H groups in total. The molecule has 0 saturated carbocycles. The van der Waals surface area contributed by atoms with Gasteiger partial charge in [0.15, 0.2) is 11.5 Å². The summed E-state index contributed by atoms with van der Waals surface area (Å²) in [6.45, 7) is 18.8. The second-order valence-electron chi connectivity index (χ2n) is 21.8. The quantitative estimate of drug-likeness (QED) is 0.161. The minimum Gasteiger partial charge on any atom is -0.452 e. The number of para-hydroxylation sites is 3. The normalized spacial score (nSPS) is 15.2. The predicted octanol–water partition coefficient (Wildman–Crippen LogP) is 16.2. The van der Waals surface area contributed by atoms with Crippen molar-refractivity contribution in [2.75, 3.05) is 14.7 Å². The minimum absolute atomic E-state index is 0.0176. The molecule has 8 aromatic carbocycles. The smallest absolute Gasteiger partial charge is 0.264 e. The Morgan fingerprint density at radius 2 is 1.07 bits per heavy atom. The zero-order chi connectivity index (χ0) is 46.2. The van der Waals surface area contributed by atoms with Gasteiger partial charge in [-0.05, 0) is 118 Å². The summed E-state index contributed by atoms with van der Waals surface area (Å²) >= 11 is 3.85. The fourth-order valence-corrected chi connectivity index (χ4v) is 14.1. The van der Waals surface area contributed by atoms with Crippen LogP contribution in [0.15, 0.2) is 158 Å². The lowest BCUT2D eigenvalue weighted by Crippen LogP contribution is -2.60. The molecule has 0 saturated heterocycles. The highest BCUT2D eigenvalue weighted by Gasteiger charge is 2.48. The van der Waals surface area contributed by atoms with E-state index in [-0.39, 0.29) is 23.0 Å². The number of nitrogens with zero attached hydrogens (tertiary/aromatic N) is 3. The van der Waals surface area contributed by atoms with E-state index in [1.165, 1.54) is 96.7 Å². The molecule has 68 heavy (non-hydrogen) atoms. The van der Waals surface area contributed by atoms with Crippen molar-refractivity contribution >= 4 is 127 Å². The molecule has 0 spiro atoms. The van der Waals surface area contributed by atoms with Gasteiger partial charge in [0, 0.05) is 85.7 Å². The summed E-state index contributed by atoms with van der Waals surface area (Å²) in [6.07, 6.45) is 0. The first kappa shape index (κ1) is 40.3. The van der Waals surface area contributed by atoms with Gasteiger partial charge in [-0.3, -0.25) is 0 Å². The van der Waals surface area contributed by atoms with Crippen LogP contribution in [-0.2, 0) is 16.2 Å². The number of fused-ring (bicyclic) bond motifs is 11. The topological polar surface area (TPSA) is 19.0 Å². The van der Waals surface area contributed by atoms with Crippen LogP contribution < -0.4 is 35.1 Å². The number of thiophene rings is 2. The van der Waals surface area contributed by atoms with Crippen LogP contribution in [0.3, 0.4) is 0 Å². The van der Waals surface area contributed by atoms with Gasteiger partial charge >= 0.3 is 0 Å². The fourth-order valence-electron chi connectivity index (χ4n) is 11.7. The summed E-state index contributed by atoms with van der Waals surface area (Å²) in [4.78, 5) is 7.63. The highest BCUT2D eigenvalue weighted by molar-refractivity contribution is 7.33. The molecule has 0 unspecified atom stereocenters. The van der Waals surface area contributed by atoms with E-state index in [4.69, 9.17) is 4.74 Å². The van der Waals surface area contributed by atoms with Crippen LogP contribution in [-0.4, -0.2) is 6.71 Å². The van der Waals surface area contributed by atoms with E-state index >= 15 is 0 Å². The van der Waals surface area contributed by atoms with Gasteiger partial charge in [-0.1, -0.05) is 128 Å². The van der Waals surface area contributed by atoms with Crippen LogP contribution in [0.5, 0.6) is 11.5 Å². The third-order valence-corrected chi connectivity index (χ3v) is 17.7. The van der Waals surface area contributed by atoms with E-state index < -0.39 is 0 Å². The summed E-state index contributed by atoms with van der Waals surface area (Å²) in [5.41, 5.74) is 17.5. The second-order valence-corrected chi connectivity index (χ2v) is 24.0. The Hall–Kier alpha value is -6.80. The number of hydrogen-bond donors (Lipinski definition) is 0. The van der Waals surface area contributed by atoms with E-state index in [0.717, 1.165) is 34.2 Å². The summed E-state index contributed by atoms with van der Waals surface area (Å²) in [5, 5.41) is 3.92. The lowest BCUT2D eigenvalue weighted by atomic mass is 9.36. The van der Waals surface area contributed by atoms with Gasteiger partial charge in [0.05, 0.1) is 17.1 Å². The largest absolute Gasteiger partial charge is 0.452 e. The molecule has 4 nitrogen and oxygen atoms in total. The summed E-state index contributed by atoms with van der Waals surface area (Å²) in [6, 6.07) is 60.0. The van der Waals surface area contributed by atoms with Crippen molar-refractivity contribution in [1.29, 1.82) is 0 Å². The third-order valence-electron chi connectivity index (χ3n) is 15.3. The Morgan fingerprint density at radius 1 is 0.456 bits per heavy atom. The number of ether oxygens (including phenoxy) is 1. The molecule has 2 aromatic heterocycles. The molecule has 330 valence electrons. The highest BCUT2D eigenvalue weighted by atomic mass is 32.1. The zero-order valence-electron chi connectivity index (χ0n) is 39.7. The van der Waals surface area contributed by atoms with Crippen molar-refractivity contribution in [3.8, 4) is 11.5 Å². The lowest BCUT2D eigenvalue weighted by Gasteiger charge is -2.46. The maximum Gasteiger partial charge on any atom is 0.264 e. The Balaban J connectivity index is 1.13. The number of hydrogen-bond acceptors (Lipinski definition) is 6. The van der Waals surface area contributed by atoms with Crippen molar-refractivity contribution < 1.29 is 4.74 Å². The molecule has 7 heteroatoms. The van der Waals surface area contributed by atoms with Gasteiger partial charge in [-0.15, -0.1) is 22.7 Å². The van der Waals surface area contributed by atoms with Gasteiger partial charge in [-0.2, -0.15) is 0 Å². The second kappa shape index (κ2) is 13.7. The molecule has 0 radical (unpaired) electrons. The van der Waals surface area contributed by atoms with Crippen LogP contribution in [0.1, 0.15) is 77.6 Å². The molecule has 4 aliphatic heterocycles. The molecule has 4 bridgehead atoms. The first-order valence-corrected chi connectivity index (χ1v) is 25.6. The van der Waals surface area contributed by atoms with Crippen LogP contribution in [0.4, 0.5) is 51.2 Å². The van der Waals surface area contributed by atoms with E-state index in [0.29, 0.717) is 0 Å². The molecule has 10 aromatic rings. The number of anilines is 9. The molecule has 14 rings (SSSR count). The monoisotopic (exact) mass is 915 g/mol. The Labute approximate surface area is 406 Å². The standard InChI is InChI=1S/C61H50BN3OS2/c1-59(2,3)35-24-28-53-42(30-35)55-58(68-53)62-45-27-25-39-34-48(45)65(47-22-15-20-44-57(47)66-56-43(61(44,7)8)19-14-21-46(56)63(39)37-16-10-9-11-17-37)50-32-36(60(4,5)6)31-49(54(50)62)64(55)38-26-29-52-41(33-38)40-18-12-13-23-51(40)67-52/h9-34H,1-8H3. The number of rotatable bonds is 2. The molecule has 0 aliphatic carbocycles. The zero-order valence-corrected chi connectivity index (χ0v) is 41.3. The summed E-state index contributed by atoms with van der Waals surface area (Å²) in [7, 11) is 0. The SMILES string of the molecule is CC(C)(C)c1cc2c3c(c1)N(c1ccc4sc5ccccc5c4c1)c1c(sc4ccc(C(C)(C)C)cc14)B3c1ccc3cc1N2c1cccc2c1Oc1c(cccc1C2(C)C)N3c1ccccc1. The third kappa shape index (κ3) is 5.49. The van der Waals surface area contributed by atoms with Crippen LogP contribution >= 0.6 is 22.7 Å². The molecule has 0 fully saturated rings. The van der Waals surface area contributed by atoms with Gasteiger partial charge < -0.3 is 19.4 Å². The van der Waals surface area contributed by atoms with Crippen molar-refractivity contribution in [2.45, 2.75) is 71.6 Å². The predicted molar refractivity (Wildman–Crippen MR) is 293 cm³/mol. The fraction of sp³-hybridized carbons (Fsp3) is 0.180. The summed E-state index contributed by atoms with van der Waals surface area (Å²) < 4.78 is 12.8. The highest BCUT2D eigenvalue weighted by Crippen LogP contribution is 2.59. The molecule has 6 heterocycles. The molecule has 0 amide bonds. The maximum absolute atomic E-state index is 7.50. The van der Waals surface area contributed by atoms with Gasteiger partial charge in [0.25, 0.3) is 6.71 Å². The van der Waals surface area contributed by atoms with Gasteiger partial charge in [-0.25, -0.2) is 0 Å². The van der Waals surface area contributed by atoms with Crippen molar-refractivity contribution in [3.63, 3.8) is 0 Å². The van der Waals surface area contributed by atoms with E-state index in [9.17, 15) is 0 Å². The minimum atomic E-state index is -0.336. The van der Waals surface area contributed by atoms with Gasteiger partial charge in [0.1, 0.15) is 0 Å². The maximum atomic E-state index is 7.50. The first-order chi connectivity index (χ1) is 32.7. The Kier molecular flexibility index (Phi) is 8.10. The van der Waals surface area contributed by atoms with Crippen LogP contribution in [0, 0.1) is 0 Å². The van der Waals surface area contributed by atoms with E-state index in [1.54, 1.807) is 0 Å². The molecule has 4 aliphatic rings. The molecule has 0 atom stereocenters. The number of benzene rings is 8. The lowest BCUT2D eigenvalue weighted by molar-refractivity contribution is 0.420. The van der Waals surface area contributed by atoms with E-state index in [1.807, 2.05) is 22.7 Å². The average molecular weight is 916 g/mol. The molecular formula is C61H50BN3OS2. The van der Waals surface area contributed by atoms with E-state index in [2.05, 4.69) is 228 Å². The van der Waals surface area contributed by atoms with Crippen molar-refractivity contribution in [1.82, 2.24) is 0 Å². The van der Waals surface area contributed by atoms with Crippen LogP contribution in [0.25, 0.3) is 30.3 Å². The van der Waals surface area contributed by atoms with Crippen molar-refractivity contribution in [3.05, 3.63) is 180 Å². The van der Waals surface area contributed by atoms with Crippen molar-refractivity contribution in [2.24, 2.45) is 0 Å². The Bertz CT molecular complexity index is 3810. The van der Waals surface area contributed by atoms with Gasteiger partial charge in [0.2, 0.25) is 0 Å². The Morgan fingerprint density at radius 3 is 1.81 bits per heavy atom. The first-order valence-electron chi connectivity index (χ1n) is 23.9. The average Bonchev–Trinajstić information content (AvgIpc) is 3.89.